The SMILES string of the molecule is CCOC(=O)[C@@H]1Cc2ccc(-c3ccccc3)cc2CN1Cc1cncn1Cc1ccc(C#N)cc1.Cl.Cl. The van der Waals surface area contributed by atoms with Crippen molar-refractivity contribution >= 4 is 30.8 Å². The molecule has 8 heteroatoms. The highest BCUT2D eigenvalue weighted by Gasteiger charge is 2.33. The minimum atomic E-state index is -0.349. The first kappa shape index (κ1) is 28.9. The summed E-state index contributed by atoms with van der Waals surface area (Å²) in [5, 5.41) is 9.06. The number of halogens is 2. The average molecular weight is 550 g/mol. The fraction of sp³-hybridized carbons (Fsp3) is 0.233. The molecule has 1 aliphatic heterocycles. The van der Waals surface area contributed by atoms with E-state index >= 15 is 0 Å². The summed E-state index contributed by atoms with van der Waals surface area (Å²) >= 11 is 0. The van der Waals surface area contributed by atoms with Crippen LogP contribution < -0.4 is 0 Å². The van der Waals surface area contributed by atoms with Crippen molar-refractivity contribution in [2.75, 3.05) is 6.61 Å². The Morgan fingerprint density at radius 3 is 2.47 bits per heavy atom. The highest BCUT2D eigenvalue weighted by molar-refractivity contribution is 5.85. The molecule has 1 aliphatic rings. The van der Waals surface area contributed by atoms with Crippen LogP contribution >= 0.6 is 24.8 Å². The maximum atomic E-state index is 13.0. The predicted molar refractivity (Wildman–Crippen MR) is 152 cm³/mol. The Bertz CT molecular complexity index is 1400. The molecule has 196 valence electrons. The summed E-state index contributed by atoms with van der Waals surface area (Å²) in [7, 11) is 0. The van der Waals surface area contributed by atoms with Crippen molar-refractivity contribution in [3.05, 3.63) is 113 Å². The van der Waals surface area contributed by atoms with Gasteiger partial charge in [-0.05, 0) is 59.4 Å². The number of imidazole rings is 1. The van der Waals surface area contributed by atoms with E-state index in [0.717, 1.165) is 11.3 Å². The van der Waals surface area contributed by atoms with Crippen LogP contribution in [-0.2, 0) is 35.6 Å². The number of fused-ring (bicyclic) bond motifs is 1. The second-order valence-electron chi connectivity index (χ2n) is 9.05. The molecule has 5 rings (SSSR count). The summed E-state index contributed by atoms with van der Waals surface area (Å²) in [6, 6.07) is 26.3. The van der Waals surface area contributed by atoms with E-state index in [-0.39, 0.29) is 36.8 Å². The van der Waals surface area contributed by atoms with Gasteiger partial charge >= 0.3 is 5.97 Å². The van der Waals surface area contributed by atoms with Gasteiger partial charge in [-0.25, -0.2) is 4.98 Å². The molecule has 6 nitrogen and oxygen atoms in total. The zero-order chi connectivity index (χ0) is 24.9. The van der Waals surface area contributed by atoms with Crippen molar-refractivity contribution in [1.82, 2.24) is 14.5 Å². The van der Waals surface area contributed by atoms with Gasteiger partial charge in [0.05, 0.1) is 30.3 Å². The number of benzene rings is 3. The molecular weight excluding hydrogens is 519 g/mol. The van der Waals surface area contributed by atoms with E-state index in [2.05, 4.69) is 50.9 Å². The standard InChI is InChI=1S/C30H28N4O2.2ClH/c1-2-36-30(35)29-15-26-13-12-25(24-6-4-3-5-7-24)14-27(26)19-33(29)20-28-17-32-21-34(28)18-23-10-8-22(16-31)9-11-23;;/h3-14,17,21,29H,2,15,18-20H2,1H3;2*1H/t29-;;/m0../s1. The zero-order valence-electron chi connectivity index (χ0n) is 21.1. The minimum Gasteiger partial charge on any atom is -0.465 e. The summed E-state index contributed by atoms with van der Waals surface area (Å²) in [4.78, 5) is 19.5. The molecule has 0 saturated heterocycles. The monoisotopic (exact) mass is 548 g/mol. The van der Waals surface area contributed by atoms with E-state index < -0.39 is 0 Å². The van der Waals surface area contributed by atoms with Crippen LogP contribution in [-0.4, -0.2) is 33.1 Å². The number of esters is 1. The summed E-state index contributed by atoms with van der Waals surface area (Å²) in [5.41, 5.74) is 7.53. The maximum absolute atomic E-state index is 13.0. The molecule has 0 spiro atoms. The number of rotatable bonds is 7. The quantitative estimate of drug-likeness (QED) is 0.273. The first-order valence-electron chi connectivity index (χ1n) is 12.2. The van der Waals surface area contributed by atoms with Gasteiger partial charge in [0.15, 0.2) is 0 Å². The first-order valence-corrected chi connectivity index (χ1v) is 12.2. The van der Waals surface area contributed by atoms with Gasteiger partial charge in [-0.3, -0.25) is 9.69 Å². The number of nitriles is 1. The lowest BCUT2D eigenvalue weighted by Gasteiger charge is -2.35. The molecule has 4 aromatic rings. The van der Waals surface area contributed by atoms with E-state index in [4.69, 9.17) is 10.00 Å². The number of aromatic nitrogens is 2. The fourth-order valence-corrected chi connectivity index (χ4v) is 4.80. The lowest BCUT2D eigenvalue weighted by molar-refractivity contribution is -0.150. The van der Waals surface area contributed by atoms with Crippen molar-refractivity contribution in [2.45, 2.75) is 39.0 Å². The maximum Gasteiger partial charge on any atom is 0.323 e. The third kappa shape index (κ3) is 6.43. The van der Waals surface area contributed by atoms with Crippen LogP contribution in [0.25, 0.3) is 11.1 Å². The van der Waals surface area contributed by atoms with Crippen LogP contribution in [0.4, 0.5) is 0 Å². The molecule has 0 aliphatic carbocycles. The van der Waals surface area contributed by atoms with Crippen LogP contribution in [0.15, 0.2) is 85.3 Å². The Hall–Kier alpha value is -3.63. The normalized spacial score (nSPS) is 14.4. The Morgan fingerprint density at radius 2 is 1.76 bits per heavy atom. The molecule has 0 N–H and O–H groups in total. The predicted octanol–water partition coefficient (Wildman–Crippen LogP) is 5.80. The van der Waals surface area contributed by atoms with Crippen molar-refractivity contribution in [3.63, 3.8) is 0 Å². The van der Waals surface area contributed by atoms with Crippen LogP contribution in [0, 0.1) is 11.3 Å². The van der Waals surface area contributed by atoms with Crippen LogP contribution in [0.3, 0.4) is 0 Å². The zero-order valence-corrected chi connectivity index (χ0v) is 22.8. The molecule has 0 fully saturated rings. The van der Waals surface area contributed by atoms with Gasteiger partial charge in [-0.1, -0.05) is 54.6 Å². The average Bonchev–Trinajstić information content (AvgIpc) is 3.35. The molecule has 0 bridgehead atoms. The van der Waals surface area contributed by atoms with Crippen molar-refractivity contribution in [1.29, 1.82) is 5.26 Å². The number of nitrogens with zero attached hydrogens (tertiary/aromatic N) is 4. The largest absolute Gasteiger partial charge is 0.465 e. The molecule has 3 aromatic carbocycles. The third-order valence-corrected chi connectivity index (χ3v) is 6.70. The van der Waals surface area contributed by atoms with Crippen LogP contribution in [0.1, 0.15) is 34.9 Å². The van der Waals surface area contributed by atoms with Gasteiger partial charge in [-0.2, -0.15) is 5.26 Å². The van der Waals surface area contributed by atoms with E-state index in [0.29, 0.717) is 38.2 Å². The van der Waals surface area contributed by atoms with Crippen molar-refractivity contribution in [3.8, 4) is 17.2 Å². The molecule has 0 amide bonds. The fourth-order valence-electron chi connectivity index (χ4n) is 4.80. The molecule has 0 radical (unpaired) electrons. The molecule has 2 heterocycles. The topological polar surface area (TPSA) is 71.2 Å². The third-order valence-electron chi connectivity index (χ3n) is 6.70. The van der Waals surface area contributed by atoms with E-state index in [1.54, 1.807) is 0 Å². The molecular formula is C30H30Cl2N4O2. The summed E-state index contributed by atoms with van der Waals surface area (Å²) in [5.74, 6) is -0.187. The number of hydrogen-bond acceptors (Lipinski definition) is 5. The van der Waals surface area contributed by atoms with Crippen molar-refractivity contribution < 1.29 is 9.53 Å². The Morgan fingerprint density at radius 1 is 1.00 bits per heavy atom. The minimum absolute atomic E-state index is 0. The summed E-state index contributed by atoms with van der Waals surface area (Å²) < 4.78 is 7.55. The van der Waals surface area contributed by atoms with E-state index in [1.165, 1.54) is 22.3 Å². The van der Waals surface area contributed by atoms with Gasteiger partial charge in [-0.15, -0.1) is 24.8 Å². The Kier molecular flexibility index (Phi) is 10.1. The first-order chi connectivity index (χ1) is 17.6. The van der Waals surface area contributed by atoms with E-state index in [9.17, 15) is 4.79 Å². The second kappa shape index (κ2) is 13.3. The number of carbonyl (C=O) groups excluding carboxylic acids is 1. The second-order valence-corrected chi connectivity index (χ2v) is 9.05. The molecule has 1 atom stereocenters. The highest BCUT2D eigenvalue weighted by Crippen LogP contribution is 2.30. The lowest BCUT2D eigenvalue weighted by Crippen LogP contribution is -2.46. The molecule has 0 unspecified atom stereocenters. The van der Waals surface area contributed by atoms with E-state index in [1.807, 2.05) is 61.9 Å². The smallest absolute Gasteiger partial charge is 0.323 e. The lowest BCUT2D eigenvalue weighted by atomic mass is 9.90. The van der Waals surface area contributed by atoms with Gasteiger partial charge in [0.25, 0.3) is 0 Å². The van der Waals surface area contributed by atoms with Crippen LogP contribution in [0.2, 0.25) is 0 Å². The van der Waals surface area contributed by atoms with Gasteiger partial charge < -0.3 is 9.30 Å². The number of ether oxygens (including phenoxy) is 1. The molecule has 0 saturated carbocycles. The van der Waals surface area contributed by atoms with Gasteiger partial charge in [0.2, 0.25) is 0 Å². The summed E-state index contributed by atoms with van der Waals surface area (Å²) in [6.07, 6.45) is 4.30. The highest BCUT2D eigenvalue weighted by atomic mass is 35.5. The Labute approximate surface area is 235 Å². The number of carbonyl (C=O) groups is 1. The van der Waals surface area contributed by atoms with Gasteiger partial charge in [0.1, 0.15) is 6.04 Å². The molecule has 38 heavy (non-hydrogen) atoms. The number of hydrogen-bond donors (Lipinski definition) is 0. The van der Waals surface area contributed by atoms with Gasteiger partial charge in [0, 0.05) is 25.8 Å². The van der Waals surface area contributed by atoms with Crippen molar-refractivity contribution in [2.24, 2.45) is 0 Å². The molecule has 1 aromatic heterocycles. The Balaban J connectivity index is 0.00000200. The summed E-state index contributed by atoms with van der Waals surface area (Å²) in [6.45, 7) is 4.08. The van der Waals surface area contributed by atoms with Crippen LogP contribution in [0.5, 0.6) is 0 Å².